The number of anilines is 1. The fraction of sp³-hybridized carbons (Fsp3) is 0.440. The molecule has 3 aromatic heterocycles. The fourth-order valence-corrected chi connectivity index (χ4v) is 4.97. The number of aryl methyl sites for hydroxylation is 2. The Balaban J connectivity index is 1.50. The summed E-state index contributed by atoms with van der Waals surface area (Å²) in [7, 11) is 0. The molecule has 0 spiro atoms. The maximum Gasteiger partial charge on any atom is 0.419 e. The monoisotopic (exact) mass is 484 g/mol. The van der Waals surface area contributed by atoms with Gasteiger partial charge < -0.3 is 15.2 Å². The van der Waals surface area contributed by atoms with Crippen LogP contribution in [-0.2, 0) is 12.6 Å². The van der Waals surface area contributed by atoms with Crippen molar-refractivity contribution in [2.45, 2.75) is 52.8 Å². The second kappa shape index (κ2) is 8.44. The van der Waals surface area contributed by atoms with Gasteiger partial charge in [-0.05, 0) is 31.7 Å². The van der Waals surface area contributed by atoms with Crippen LogP contribution in [0.4, 0.5) is 19.1 Å². The van der Waals surface area contributed by atoms with Crippen molar-refractivity contribution in [1.29, 1.82) is 0 Å². The Morgan fingerprint density at radius 1 is 1.17 bits per heavy atom. The lowest BCUT2D eigenvalue weighted by Crippen LogP contribution is -2.47. The molecule has 3 aromatic rings. The maximum atomic E-state index is 13.9. The molecule has 10 heteroatoms. The van der Waals surface area contributed by atoms with Crippen molar-refractivity contribution in [2.24, 2.45) is 5.41 Å². The molecule has 1 aliphatic carbocycles. The number of nitrogens with zero attached hydrogens (tertiary/aromatic N) is 4. The number of fused-ring (bicyclic) bond motifs is 1. The summed E-state index contributed by atoms with van der Waals surface area (Å²) >= 11 is 0. The zero-order valence-electron chi connectivity index (χ0n) is 20.0. The largest absolute Gasteiger partial charge is 0.419 e. The van der Waals surface area contributed by atoms with Crippen molar-refractivity contribution in [3.05, 3.63) is 58.4 Å². The SMILES string of the molecule is Cc1noc(C)c1-c1ccc2c(n1)CC=C2c1nc(N[C@@H]2CNCC(C)(C)C2)ncc1C(F)(F)F. The summed E-state index contributed by atoms with van der Waals surface area (Å²) in [6, 6.07) is 3.60. The van der Waals surface area contributed by atoms with E-state index in [9.17, 15) is 13.2 Å². The lowest BCUT2D eigenvalue weighted by molar-refractivity contribution is -0.138. The Morgan fingerprint density at radius 3 is 2.66 bits per heavy atom. The van der Waals surface area contributed by atoms with Gasteiger partial charge in [0.1, 0.15) is 11.3 Å². The van der Waals surface area contributed by atoms with E-state index < -0.39 is 11.7 Å². The van der Waals surface area contributed by atoms with E-state index in [2.05, 4.69) is 39.6 Å². The molecule has 1 fully saturated rings. The van der Waals surface area contributed by atoms with Crippen molar-refractivity contribution in [3.63, 3.8) is 0 Å². The predicted octanol–water partition coefficient (Wildman–Crippen LogP) is 4.95. The average Bonchev–Trinajstić information content (AvgIpc) is 3.34. The maximum absolute atomic E-state index is 13.9. The summed E-state index contributed by atoms with van der Waals surface area (Å²) in [4.78, 5) is 13.1. The highest BCUT2D eigenvalue weighted by atomic mass is 19.4. The third kappa shape index (κ3) is 4.54. The summed E-state index contributed by atoms with van der Waals surface area (Å²) in [6.07, 6.45) is -0.694. The number of hydrogen-bond acceptors (Lipinski definition) is 7. The minimum atomic E-state index is -4.59. The summed E-state index contributed by atoms with van der Waals surface area (Å²) in [5.74, 6) is 0.833. The molecule has 5 rings (SSSR count). The van der Waals surface area contributed by atoms with Gasteiger partial charge in [0.25, 0.3) is 0 Å². The van der Waals surface area contributed by atoms with E-state index in [-0.39, 0.29) is 23.1 Å². The molecule has 2 aliphatic rings. The first-order valence-corrected chi connectivity index (χ1v) is 11.6. The first-order chi connectivity index (χ1) is 16.5. The number of aromatic nitrogens is 4. The Kier molecular flexibility index (Phi) is 5.66. The van der Waals surface area contributed by atoms with E-state index in [4.69, 9.17) is 9.51 Å². The van der Waals surface area contributed by atoms with Gasteiger partial charge in [-0.15, -0.1) is 0 Å². The molecule has 35 heavy (non-hydrogen) atoms. The molecule has 1 atom stereocenters. The number of nitrogens with one attached hydrogen (secondary N) is 2. The Morgan fingerprint density at radius 2 is 1.97 bits per heavy atom. The number of piperidine rings is 1. The van der Waals surface area contributed by atoms with Crippen LogP contribution >= 0.6 is 0 Å². The lowest BCUT2D eigenvalue weighted by Gasteiger charge is -2.36. The highest BCUT2D eigenvalue weighted by Crippen LogP contribution is 2.40. The van der Waals surface area contributed by atoms with Gasteiger partial charge in [-0.2, -0.15) is 13.2 Å². The van der Waals surface area contributed by atoms with Crippen molar-refractivity contribution in [1.82, 2.24) is 25.4 Å². The molecule has 0 amide bonds. The van der Waals surface area contributed by atoms with Crippen LogP contribution in [0.2, 0.25) is 0 Å². The number of rotatable bonds is 4. The molecule has 4 heterocycles. The van der Waals surface area contributed by atoms with Crippen LogP contribution in [-0.4, -0.2) is 39.2 Å². The molecular weight excluding hydrogens is 457 g/mol. The molecule has 7 nitrogen and oxygen atoms in total. The van der Waals surface area contributed by atoms with Crippen molar-refractivity contribution in [2.75, 3.05) is 18.4 Å². The molecule has 1 saturated heterocycles. The van der Waals surface area contributed by atoms with Crippen LogP contribution in [0.5, 0.6) is 0 Å². The highest BCUT2D eigenvalue weighted by Gasteiger charge is 2.38. The third-order valence-electron chi connectivity index (χ3n) is 6.53. The van der Waals surface area contributed by atoms with E-state index in [0.717, 1.165) is 24.7 Å². The Labute approximate surface area is 201 Å². The zero-order chi connectivity index (χ0) is 25.0. The van der Waals surface area contributed by atoms with E-state index in [1.165, 1.54) is 0 Å². The van der Waals surface area contributed by atoms with Crippen molar-refractivity contribution < 1.29 is 17.7 Å². The van der Waals surface area contributed by atoms with Crippen molar-refractivity contribution in [3.8, 4) is 11.3 Å². The van der Waals surface area contributed by atoms with E-state index in [1.807, 2.05) is 13.8 Å². The van der Waals surface area contributed by atoms with E-state index >= 15 is 0 Å². The van der Waals surface area contributed by atoms with Crippen LogP contribution in [0, 0.1) is 19.3 Å². The van der Waals surface area contributed by atoms with Gasteiger partial charge in [0.2, 0.25) is 5.95 Å². The molecule has 0 unspecified atom stereocenters. The minimum absolute atomic E-state index is 0.0208. The van der Waals surface area contributed by atoms with Gasteiger partial charge in [-0.3, -0.25) is 4.98 Å². The molecule has 0 bridgehead atoms. The lowest BCUT2D eigenvalue weighted by atomic mass is 9.83. The number of hydrogen-bond donors (Lipinski definition) is 2. The second-order valence-corrected chi connectivity index (χ2v) is 10.0. The summed E-state index contributed by atoms with van der Waals surface area (Å²) in [6.45, 7) is 9.52. The van der Waals surface area contributed by atoms with Crippen LogP contribution in [0.1, 0.15) is 54.2 Å². The van der Waals surface area contributed by atoms with Gasteiger partial charge in [0.05, 0.1) is 28.3 Å². The Hall–Kier alpha value is -3.27. The first kappa shape index (κ1) is 23.5. The molecule has 184 valence electrons. The molecule has 0 radical (unpaired) electrons. The van der Waals surface area contributed by atoms with Gasteiger partial charge in [-0.1, -0.05) is 31.1 Å². The first-order valence-electron chi connectivity index (χ1n) is 11.6. The highest BCUT2D eigenvalue weighted by molar-refractivity contribution is 5.85. The number of alkyl halides is 3. The van der Waals surface area contributed by atoms with Gasteiger partial charge >= 0.3 is 6.18 Å². The quantitative estimate of drug-likeness (QED) is 0.542. The van der Waals surface area contributed by atoms with Gasteiger partial charge in [0, 0.05) is 42.9 Å². The molecule has 0 saturated carbocycles. The van der Waals surface area contributed by atoms with Crippen LogP contribution in [0.15, 0.2) is 28.9 Å². The Bertz CT molecular complexity index is 1290. The third-order valence-corrected chi connectivity index (χ3v) is 6.53. The normalized spacial score (nSPS) is 19.4. The van der Waals surface area contributed by atoms with Crippen molar-refractivity contribution >= 4 is 11.5 Å². The molecule has 1 aliphatic heterocycles. The van der Waals surface area contributed by atoms with Crippen LogP contribution < -0.4 is 10.6 Å². The second-order valence-electron chi connectivity index (χ2n) is 10.0. The zero-order valence-corrected chi connectivity index (χ0v) is 20.0. The number of pyridine rings is 1. The standard InChI is InChI=1S/C25H27F3N6O/c1-13-21(14(2)35-34-13)20-8-5-16-17(6-7-19(16)32-20)22-18(25(26,27)28)11-30-23(33-22)31-15-9-24(3,4)12-29-10-15/h5-6,8,11,15,29H,7,9-10,12H2,1-4H3,(H,30,31,33)/t15-/m0/s1. The summed E-state index contributed by atoms with van der Waals surface area (Å²) in [5, 5.41) is 10.6. The van der Waals surface area contributed by atoms with Gasteiger partial charge in [0.15, 0.2) is 0 Å². The predicted molar refractivity (Wildman–Crippen MR) is 126 cm³/mol. The average molecular weight is 485 g/mol. The minimum Gasteiger partial charge on any atom is -0.361 e. The summed E-state index contributed by atoms with van der Waals surface area (Å²) < 4.78 is 47.1. The van der Waals surface area contributed by atoms with Crippen LogP contribution in [0.3, 0.4) is 0 Å². The molecule has 0 aromatic carbocycles. The van der Waals surface area contributed by atoms with Gasteiger partial charge in [-0.25, -0.2) is 9.97 Å². The summed E-state index contributed by atoms with van der Waals surface area (Å²) in [5.41, 5.74) is 3.01. The molecular formula is C25H27F3N6O. The van der Waals surface area contributed by atoms with Crippen LogP contribution in [0.25, 0.3) is 16.8 Å². The topological polar surface area (TPSA) is 88.8 Å². The van der Waals surface area contributed by atoms with E-state index in [0.29, 0.717) is 46.9 Å². The number of halogens is 3. The van der Waals surface area contributed by atoms with E-state index in [1.54, 1.807) is 18.2 Å². The molecule has 2 N–H and O–H groups in total. The number of allylic oxidation sites excluding steroid dienone is 1. The fourth-order valence-electron chi connectivity index (χ4n) is 4.97. The smallest absolute Gasteiger partial charge is 0.361 e.